The van der Waals surface area contributed by atoms with Crippen LogP contribution in [0.15, 0.2) is 76.8 Å². The highest BCUT2D eigenvalue weighted by atomic mass is 79.9. The van der Waals surface area contributed by atoms with Crippen molar-refractivity contribution in [3.05, 3.63) is 98.5 Å². The molecular formula is C25H20BrClN2O2. The van der Waals surface area contributed by atoms with Crippen LogP contribution in [-0.2, 0) is 17.8 Å². The zero-order valence-corrected chi connectivity index (χ0v) is 19.2. The summed E-state index contributed by atoms with van der Waals surface area (Å²) >= 11 is 9.37. The molecule has 156 valence electrons. The minimum Gasteiger partial charge on any atom is -0.488 e. The minimum atomic E-state index is -0.466. The highest BCUT2D eigenvalue weighted by Gasteiger charge is 2.13. The number of carbonyl (C=O) groups is 1. The van der Waals surface area contributed by atoms with Crippen LogP contribution in [0.1, 0.15) is 23.6 Å². The first-order chi connectivity index (χ1) is 15.0. The number of nitrogens with zero attached hydrogens (tertiary/aromatic N) is 1. The number of halogens is 2. The van der Waals surface area contributed by atoms with Crippen LogP contribution in [-0.4, -0.2) is 5.91 Å². The van der Waals surface area contributed by atoms with Crippen molar-refractivity contribution in [2.24, 2.45) is 0 Å². The Kier molecular flexibility index (Phi) is 7.88. The van der Waals surface area contributed by atoms with Gasteiger partial charge in [-0.25, -0.2) is 0 Å². The summed E-state index contributed by atoms with van der Waals surface area (Å²) in [5, 5.41) is 13.1. The molecule has 0 bridgehead atoms. The summed E-state index contributed by atoms with van der Waals surface area (Å²) < 4.78 is 6.76. The van der Waals surface area contributed by atoms with Gasteiger partial charge >= 0.3 is 0 Å². The Morgan fingerprint density at radius 3 is 2.61 bits per heavy atom. The van der Waals surface area contributed by atoms with Crippen LogP contribution in [0.5, 0.6) is 5.75 Å². The van der Waals surface area contributed by atoms with Gasteiger partial charge in [-0.05, 0) is 60.0 Å². The smallest absolute Gasteiger partial charge is 0.266 e. The number of benzene rings is 3. The van der Waals surface area contributed by atoms with E-state index in [0.717, 1.165) is 22.0 Å². The molecule has 0 spiro atoms. The van der Waals surface area contributed by atoms with E-state index in [2.05, 4.69) is 21.2 Å². The average molecular weight is 496 g/mol. The van der Waals surface area contributed by atoms with Gasteiger partial charge in [0.15, 0.2) is 0 Å². The quantitative estimate of drug-likeness (QED) is 0.290. The lowest BCUT2D eigenvalue weighted by Gasteiger charge is -2.12. The Bertz CT molecular complexity index is 1150. The van der Waals surface area contributed by atoms with Gasteiger partial charge in [-0.15, -0.1) is 0 Å². The molecule has 0 saturated carbocycles. The number of hydrogen-bond acceptors (Lipinski definition) is 3. The second-order valence-corrected chi connectivity index (χ2v) is 8.08. The van der Waals surface area contributed by atoms with Gasteiger partial charge in [-0.3, -0.25) is 4.79 Å². The normalized spacial score (nSPS) is 11.0. The van der Waals surface area contributed by atoms with Crippen molar-refractivity contribution in [3.8, 4) is 11.8 Å². The Morgan fingerprint density at radius 1 is 1.16 bits per heavy atom. The Labute approximate surface area is 195 Å². The third-order valence-corrected chi connectivity index (χ3v) is 5.34. The molecule has 6 heteroatoms. The van der Waals surface area contributed by atoms with Crippen molar-refractivity contribution in [2.45, 2.75) is 20.0 Å². The summed E-state index contributed by atoms with van der Waals surface area (Å²) in [6.07, 6.45) is 2.31. The Morgan fingerprint density at radius 2 is 1.90 bits per heavy atom. The molecule has 31 heavy (non-hydrogen) atoms. The number of carbonyl (C=O) groups excluding carboxylic acids is 1. The van der Waals surface area contributed by atoms with E-state index >= 15 is 0 Å². The van der Waals surface area contributed by atoms with E-state index in [1.807, 2.05) is 61.5 Å². The summed E-state index contributed by atoms with van der Waals surface area (Å²) in [7, 11) is 0. The van der Waals surface area contributed by atoms with E-state index in [4.69, 9.17) is 16.3 Å². The van der Waals surface area contributed by atoms with Gasteiger partial charge in [0.25, 0.3) is 5.91 Å². The van der Waals surface area contributed by atoms with Gasteiger partial charge in [0.1, 0.15) is 24.0 Å². The lowest BCUT2D eigenvalue weighted by molar-refractivity contribution is -0.112. The van der Waals surface area contributed by atoms with E-state index in [0.29, 0.717) is 28.6 Å². The number of ether oxygens (including phenoxy) is 1. The molecule has 0 aliphatic heterocycles. The molecule has 0 aliphatic rings. The maximum atomic E-state index is 12.8. The van der Waals surface area contributed by atoms with Gasteiger partial charge in [0.05, 0.1) is 0 Å². The topological polar surface area (TPSA) is 62.1 Å². The summed E-state index contributed by atoms with van der Waals surface area (Å²) in [6.45, 7) is 2.34. The van der Waals surface area contributed by atoms with Crippen molar-refractivity contribution >= 4 is 45.2 Å². The van der Waals surface area contributed by atoms with Crippen molar-refractivity contribution in [3.63, 3.8) is 0 Å². The second-order valence-electron chi connectivity index (χ2n) is 6.73. The molecule has 1 N–H and O–H groups in total. The molecule has 0 aliphatic carbocycles. The van der Waals surface area contributed by atoms with E-state index in [1.165, 1.54) is 6.08 Å². The molecule has 3 aromatic rings. The van der Waals surface area contributed by atoms with Crippen molar-refractivity contribution in [1.82, 2.24) is 0 Å². The summed E-state index contributed by atoms with van der Waals surface area (Å²) in [6, 6.07) is 22.4. The monoisotopic (exact) mass is 494 g/mol. The third kappa shape index (κ3) is 6.21. The highest BCUT2D eigenvalue weighted by molar-refractivity contribution is 9.10. The predicted molar refractivity (Wildman–Crippen MR) is 128 cm³/mol. The van der Waals surface area contributed by atoms with Crippen molar-refractivity contribution in [1.29, 1.82) is 5.26 Å². The van der Waals surface area contributed by atoms with E-state index in [-0.39, 0.29) is 5.57 Å². The largest absolute Gasteiger partial charge is 0.488 e. The minimum absolute atomic E-state index is 0.0136. The first kappa shape index (κ1) is 22.6. The molecule has 0 aromatic heterocycles. The number of para-hydroxylation sites is 1. The molecule has 1 amide bonds. The number of rotatable bonds is 7. The van der Waals surface area contributed by atoms with Gasteiger partial charge in [0.2, 0.25) is 0 Å². The van der Waals surface area contributed by atoms with Crippen LogP contribution in [0.3, 0.4) is 0 Å². The Balaban J connectivity index is 1.84. The zero-order valence-electron chi connectivity index (χ0n) is 16.9. The SMILES string of the molecule is CCc1ccccc1NC(=O)/C(C#N)=C/c1cc(Br)ccc1OCc1ccc(Cl)cc1. The van der Waals surface area contributed by atoms with E-state index in [1.54, 1.807) is 18.2 Å². The van der Waals surface area contributed by atoms with Gasteiger partial charge in [0, 0.05) is 20.7 Å². The molecule has 0 fully saturated rings. The first-order valence-electron chi connectivity index (χ1n) is 9.68. The average Bonchev–Trinajstić information content (AvgIpc) is 2.78. The summed E-state index contributed by atoms with van der Waals surface area (Å²) in [4.78, 5) is 12.8. The molecule has 3 aromatic carbocycles. The standard InChI is InChI=1S/C25H20BrClN2O2/c1-2-18-5-3-4-6-23(18)29-25(30)20(15-28)13-19-14-21(26)9-12-24(19)31-16-17-7-10-22(27)11-8-17/h3-14H,2,16H2,1H3,(H,29,30)/b20-13+. The highest BCUT2D eigenvalue weighted by Crippen LogP contribution is 2.27. The van der Waals surface area contributed by atoms with Crippen LogP contribution >= 0.6 is 27.5 Å². The van der Waals surface area contributed by atoms with Gasteiger partial charge in [-0.1, -0.05) is 64.8 Å². The number of anilines is 1. The fraction of sp³-hybridized carbons (Fsp3) is 0.120. The molecule has 0 atom stereocenters. The summed E-state index contributed by atoms with van der Waals surface area (Å²) in [5.41, 5.74) is 3.27. The molecule has 3 rings (SSSR count). The second kappa shape index (κ2) is 10.8. The zero-order chi connectivity index (χ0) is 22.2. The maximum Gasteiger partial charge on any atom is 0.266 e. The van der Waals surface area contributed by atoms with E-state index in [9.17, 15) is 10.1 Å². The summed E-state index contributed by atoms with van der Waals surface area (Å²) in [5.74, 6) is 0.0969. The number of hydrogen-bond donors (Lipinski definition) is 1. The first-order valence-corrected chi connectivity index (χ1v) is 10.8. The van der Waals surface area contributed by atoms with Crippen molar-refractivity contribution in [2.75, 3.05) is 5.32 Å². The van der Waals surface area contributed by atoms with Crippen LogP contribution in [0, 0.1) is 11.3 Å². The maximum absolute atomic E-state index is 12.8. The van der Waals surface area contributed by atoms with Gasteiger partial charge in [-0.2, -0.15) is 5.26 Å². The molecule has 4 nitrogen and oxygen atoms in total. The number of aryl methyl sites for hydroxylation is 1. The molecule has 0 radical (unpaired) electrons. The van der Waals surface area contributed by atoms with Crippen LogP contribution in [0.25, 0.3) is 6.08 Å². The Hall–Kier alpha value is -3.07. The van der Waals surface area contributed by atoms with Crippen LogP contribution in [0.2, 0.25) is 5.02 Å². The molecule has 0 saturated heterocycles. The number of amides is 1. The number of nitriles is 1. The molecule has 0 unspecified atom stereocenters. The van der Waals surface area contributed by atoms with Crippen LogP contribution < -0.4 is 10.1 Å². The van der Waals surface area contributed by atoms with E-state index < -0.39 is 5.91 Å². The third-order valence-electron chi connectivity index (χ3n) is 4.59. The predicted octanol–water partition coefficient (Wildman–Crippen LogP) is 6.79. The van der Waals surface area contributed by atoms with Gasteiger partial charge < -0.3 is 10.1 Å². The number of nitrogens with one attached hydrogen (secondary N) is 1. The lowest BCUT2D eigenvalue weighted by atomic mass is 10.1. The van der Waals surface area contributed by atoms with Crippen LogP contribution in [0.4, 0.5) is 5.69 Å². The lowest BCUT2D eigenvalue weighted by Crippen LogP contribution is -2.14. The molecular weight excluding hydrogens is 476 g/mol. The van der Waals surface area contributed by atoms with Crippen molar-refractivity contribution < 1.29 is 9.53 Å². The fourth-order valence-corrected chi connectivity index (χ4v) is 3.45. The fourth-order valence-electron chi connectivity index (χ4n) is 2.95. The molecule has 0 heterocycles.